The molecule has 0 fully saturated rings. The van der Waals surface area contributed by atoms with E-state index in [2.05, 4.69) is 20.9 Å². The van der Waals surface area contributed by atoms with E-state index in [1.807, 2.05) is 36.4 Å². The predicted octanol–water partition coefficient (Wildman–Crippen LogP) is 4.76. The van der Waals surface area contributed by atoms with E-state index in [4.69, 9.17) is 15.2 Å². The number of amidine groups is 1. The highest BCUT2D eigenvalue weighted by molar-refractivity contribution is 9.10. The molecule has 4 rings (SSSR count). The van der Waals surface area contributed by atoms with Crippen LogP contribution in [0, 0.1) is 0 Å². The molecule has 3 aromatic rings. The van der Waals surface area contributed by atoms with Gasteiger partial charge in [-0.3, -0.25) is 4.79 Å². The molecule has 3 aromatic carbocycles. The monoisotopic (exact) mass is 482 g/mol. The number of thioether (sulfide) groups is 1. The van der Waals surface area contributed by atoms with Crippen LogP contribution in [0.1, 0.15) is 15.9 Å². The Kier molecular flexibility index (Phi) is 5.61. The number of rotatable bonds is 4. The average Bonchev–Trinajstić information content (AvgIpc) is 3.05. The van der Waals surface area contributed by atoms with Crippen molar-refractivity contribution in [3.63, 3.8) is 0 Å². The Morgan fingerprint density at radius 1 is 1.17 bits per heavy atom. The van der Waals surface area contributed by atoms with Crippen molar-refractivity contribution in [3.05, 3.63) is 75.1 Å². The molecule has 0 spiro atoms. The van der Waals surface area contributed by atoms with E-state index in [0.717, 1.165) is 22.5 Å². The van der Waals surface area contributed by atoms with E-state index in [1.54, 1.807) is 24.3 Å². The fraction of sp³-hybridized carbons (Fsp3) is 0.0455. The second kappa shape index (κ2) is 8.33. The van der Waals surface area contributed by atoms with Crippen LogP contribution in [0.2, 0.25) is 0 Å². The van der Waals surface area contributed by atoms with Gasteiger partial charge < -0.3 is 15.2 Å². The number of methoxy groups -OCH3 is 1. The molecule has 6 nitrogen and oxygen atoms in total. The van der Waals surface area contributed by atoms with Crippen LogP contribution in [-0.2, 0) is 4.79 Å². The van der Waals surface area contributed by atoms with Crippen molar-refractivity contribution in [2.75, 3.05) is 7.11 Å². The fourth-order valence-electron chi connectivity index (χ4n) is 3.05. The van der Waals surface area contributed by atoms with Gasteiger partial charge in [0.1, 0.15) is 0 Å². The normalized spacial score (nSPS) is 14.8. The van der Waals surface area contributed by atoms with E-state index < -0.39 is 5.97 Å². The number of benzene rings is 3. The van der Waals surface area contributed by atoms with Crippen LogP contribution in [0.15, 0.2) is 69.0 Å². The van der Waals surface area contributed by atoms with Crippen LogP contribution in [0.25, 0.3) is 16.8 Å². The molecule has 0 saturated heterocycles. The van der Waals surface area contributed by atoms with Crippen molar-refractivity contribution in [2.24, 2.45) is 10.7 Å². The van der Waals surface area contributed by atoms with Gasteiger partial charge in [0.2, 0.25) is 0 Å². The summed E-state index contributed by atoms with van der Waals surface area (Å²) in [6.07, 6.45) is 1.65. The smallest absolute Gasteiger partial charge is 0.344 e. The van der Waals surface area contributed by atoms with Crippen LogP contribution in [0.5, 0.6) is 11.5 Å². The summed E-state index contributed by atoms with van der Waals surface area (Å²) in [5.74, 6) is -0.299. The summed E-state index contributed by atoms with van der Waals surface area (Å²) in [6.45, 7) is 0. The molecule has 0 aromatic heterocycles. The molecule has 2 N–H and O–H groups in total. The molecular weight excluding hydrogens is 468 g/mol. The molecule has 1 aliphatic heterocycles. The highest BCUT2D eigenvalue weighted by Gasteiger charge is 2.21. The quantitative estimate of drug-likeness (QED) is 0.327. The number of carbonyl (C=O) groups is 2. The summed E-state index contributed by atoms with van der Waals surface area (Å²) >= 11 is 4.53. The van der Waals surface area contributed by atoms with Gasteiger partial charge in [0.15, 0.2) is 16.7 Å². The summed E-state index contributed by atoms with van der Waals surface area (Å²) < 4.78 is 11.6. The van der Waals surface area contributed by atoms with Crippen LogP contribution >= 0.6 is 27.7 Å². The highest BCUT2D eigenvalue weighted by atomic mass is 79.9. The number of amides is 1. The van der Waals surface area contributed by atoms with Gasteiger partial charge in [0.25, 0.3) is 5.91 Å². The second-order valence-electron chi connectivity index (χ2n) is 6.32. The average molecular weight is 483 g/mol. The number of hydrogen-bond acceptors (Lipinski definition) is 6. The fourth-order valence-corrected chi connectivity index (χ4v) is 4.27. The summed E-state index contributed by atoms with van der Waals surface area (Å²) in [5.41, 5.74) is 6.71. The molecule has 0 aliphatic carbocycles. The van der Waals surface area contributed by atoms with Crippen molar-refractivity contribution in [3.8, 4) is 11.5 Å². The number of nitrogens with two attached hydrogens (primary N) is 1. The number of esters is 1. The first-order valence-electron chi connectivity index (χ1n) is 8.82. The number of aliphatic imine (C=N–C) groups is 1. The minimum absolute atomic E-state index is 0.206. The third-order valence-corrected chi connectivity index (χ3v) is 5.79. The largest absolute Gasteiger partial charge is 0.493 e. The first-order chi connectivity index (χ1) is 14.5. The maximum Gasteiger partial charge on any atom is 0.344 e. The Labute approximate surface area is 184 Å². The van der Waals surface area contributed by atoms with Crippen LogP contribution in [0.4, 0.5) is 0 Å². The number of halogens is 1. The van der Waals surface area contributed by atoms with E-state index in [0.29, 0.717) is 26.3 Å². The van der Waals surface area contributed by atoms with Gasteiger partial charge in [-0.1, -0.05) is 36.4 Å². The van der Waals surface area contributed by atoms with Gasteiger partial charge in [0, 0.05) is 0 Å². The minimum atomic E-state index is -0.500. The number of carbonyl (C=O) groups excluding carboxylic acids is 2. The Balaban J connectivity index is 1.67. The van der Waals surface area contributed by atoms with E-state index in [1.165, 1.54) is 7.11 Å². The van der Waals surface area contributed by atoms with Gasteiger partial charge >= 0.3 is 5.97 Å². The molecule has 0 unspecified atom stereocenters. The zero-order valence-electron chi connectivity index (χ0n) is 15.7. The standard InChI is InChI=1S/C22H15BrN2O4S/c1-28-17-10-12(11-18-20(26)25-22(24)30-18)9-16(23)19(17)29-21(27)15-8-4-6-13-5-2-3-7-14(13)15/h2-11H,1H3,(H2,24,25,26)/b18-11-. The van der Waals surface area contributed by atoms with Gasteiger partial charge in [-0.05, 0) is 68.3 Å². The number of nitrogens with zero attached hydrogens (tertiary/aromatic N) is 1. The summed E-state index contributed by atoms with van der Waals surface area (Å²) in [5, 5.41) is 1.95. The lowest BCUT2D eigenvalue weighted by Gasteiger charge is -2.13. The van der Waals surface area contributed by atoms with E-state index in [-0.39, 0.29) is 16.8 Å². The topological polar surface area (TPSA) is 91.0 Å². The van der Waals surface area contributed by atoms with Crippen LogP contribution < -0.4 is 15.2 Å². The van der Waals surface area contributed by atoms with Crippen molar-refractivity contribution >= 4 is 61.6 Å². The van der Waals surface area contributed by atoms with Crippen LogP contribution in [0.3, 0.4) is 0 Å². The first kappa shape index (κ1) is 20.2. The zero-order valence-corrected chi connectivity index (χ0v) is 18.1. The van der Waals surface area contributed by atoms with Crippen molar-refractivity contribution in [2.45, 2.75) is 0 Å². The maximum absolute atomic E-state index is 12.9. The van der Waals surface area contributed by atoms with E-state index in [9.17, 15) is 9.59 Å². The number of hydrogen-bond donors (Lipinski definition) is 1. The molecule has 0 radical (unpaired) electrons. The third-order valence-electron chi connectivity index (χ3n) is 4.39. The molecule has 30 heavy (non-hydrogen) atoms. The zero-order chi connectivity index (χ0) is 21.3. The van der Waals surface area contributed by atoms with Gasteiger partial charge in [-0.2, -0.15) is 4.99 Å². The first-order valence-corrected chi connectivity index (χ1v) is 10.4. The molecular formula is C22H15BrN2O4S. The van der Waals surface area contributed by atoms with Gasteiger partial charge in [0.05, 0.1) is 22.1 Å². The van der Waals surface area contributed by atoms with Gasteiger partial charge in [-0.25, -0.2) is 4.79 Å². The Morgan fingerprint density at radius 3 is 2.67 bits per heavy atom. The lowest BCUT2D eigenvalue weighted by Crippen LogP contribution is -2.10. The van der Waals surface area contributed by atoms with Crippen molar-refractivity contribution in [1.82, 2.24) is 0 Å². The highest BCUT2D eigenvalue weighted by Crippen LogP contribution is 2.39. The SMILES string of the molecule is COc1cc(/C=C2\SC(N)=NC2=O)cc(Br)c1OC(=O)c1cccc2ccccc12. The Morgan fingerprint density at radius 2 is 1.93 bits per heavy atom. The van der Waals surface area contributed by atoms with E-state index >= 15 is 0 Å². The molecule has 8 heteroatoms. The summed E-state index contributed by atoms with van der Waals surface area (Å²) in [7, 11) is 1.48. The summed E-state index contributed by atoms with van der Waals surface area (Å²) in [6, 6.07) is 16.5. The lowest BCUT2D eigenvalue weighted by atomic mass is 10.0. The van der Waals surface area contributed by atoms with Crippen molar-refractivity contribution in [1.29, 1.82) is 0 Å². The molecule has 1 amide bonds. The second-order valence-corrected chi connectivity index (χ2v) is 8.23. The number of fused-ring (bicyclic) bond motifs is 1. The maximum atomic E-state index is 12.9. The number of ether oxygens (including phenoxy) is 2. The van der Waals surface area contributed by atoms with Crippen LogP contribution in [-0.4, -0.2) is 24.2 Å². The van der Waals surface area contributed by atoms with Crippen molar-refractivity contribution < 1.29 is 19.1 Å². The third kappa shape index (κ3) is 3.96. The molecule has 150 valence electrons. The Hall–Kier alpha value is -3.10. The molecule has 1 aliphatic rings. The molecule has 1 heterocycles. The predicted molar refractivity (Wildman–Crippen MR) is 122 cm³/mol. The molecule has 0 saturated carbocycles. The Bertz CT molecular complexity index is 1250. The lowest BCUT2D eigenvalue weighted by molar-refractivity contribution is -0.113. The summed E-state index contributed by atoms with van der Waals surface area (Å²) in [4.78, 5) is 28.8. The molecule has 0 bridgehead atoms. The minimum Gasteiger partial charge on any atom is -0.493 e. The van der Waals surface area contributed by atoms with Gasteiger partial charge in [-0.15, -0.1) is 0 Å². The molecule has 0 atom stereocenters.